The molecule has 0 atom stereocenters. The van der Waals surface area contributed by atoms with E-state index in [0.29, 0.717) is 13.2 Å². The molecule has 0 unspecified atom stereocenters. The second-order valence-corrected chi connectivity index (χ2v) is 5.88. The van der Waals surface area contributed by atoms with E-state index < -0.39 is 23.6 Å². The zero-order valence-corrected chi connectivity index (χ0v) is 15.4. The van der Waals surface area contributed by atoms with E-state index in [-0.39, 0.29) is 28.3 Å². The van der Waals surface area contributed by atoms with Gasteiger partial charge in [-0.15, -0.1) is 0 Å². The van der Waals surface area contributed by atoms with Crippen LogP contribution in [0.25, 0.3) is 0 Å². The van der Waals surface area contributed by atoms with Crippen molar-refractivity contribution in [1.29, 1.82) is 0 Å². The number of rotatable bonds is 9. The molecule has 0 saturated heterocycles. The van der Waals surface area contributed by atoms with Gasteiger partial charge in [0.25, 0.3) is 11.6 Å². The number of amides is 1. The maximum absolute atomic E-state index is 12.5. The Balaban J connectivity index is 2.19. The van der Waals surface area contributed by atoms with Crippen molar-refractivity contribution >= 4 is 28.7 Å². The molecule has 0 aliphatic rings. The van der Waals surface area contributed by atoms with Gasteiger partial charge in [-0.2, -0.15) is 13.2 Å². The predicted octanol–water partition coefficient (Wildman–Crippen LogP) is 3.88. The Morgan fingerprint density at radius 3 is 2.41 bits per heavy atom. The van der Waals surface area contributed by atoms with Crippen molar-refractivity contribution < 1.29 is 27.6 Å². The van der Waals surface area contributed by atoms with Gasteiger partial charge in [0, 0.05) is 25.3 Å². The maximum atomic E-state index is 12.5. The van der Waals surface area contributed by atoms with Gasteiger partial charge >= 0.3 is 6.18 Å². The maximum Gasteiger partial charge on any atom is 0.405 e. The largest absolute Gasteiger partial charge is 0.405 e. The van der Waals surface area contributed by atoms with Crippen molar-refractivity contribution in [3.63, 3.8) is 0 Å². The number of ether oxygens (including phenoxy) is 1. The Morgan fingerprint density at radius 1 is 1.10 bits per heavy atom. The monoisotopic (exact) mass is 412 g/mol. The molecule has 0 aliphatic heterocycles. The highest BCUT2D eigenvalue weighted by Gasteiger charge is 2.27. The average Bonchev–Trinajstić information content (AvgIpc) is 2.67. The number of nitrogens with zero attached hydrogens (tertiary/aromatic N) is 1. The number of methoxy groups -OCH3 is 1. The summed E-state index contributed by atoms with van der Waals surface area (Å²) in [5.74, 6) is -0.696. The molecular formula is C18H19F3N4O4. The minimum absolute atomic E-state index is 0.0142. The van der Waals surface area contributed by atoms with Gasteiger partial charge in [0.2, 0.25) is 0 Å². The first kappa shape index (κ1) is 22.0. The third-order valence-corrected chi connectivity index (χ3v) is 3.73. The zero-order chi connectivity index (χ0) is 21.4. The number of nitrogens with one attached hydrogen (secondary N) is 3. The number of hydrogen-bond donors (Lipinski definition) is 3. The molecule has 3 N–H and O–H groups in total. The molecule has 0 heterocycles. The fraction of sp³-hybridized carbons (Fsp3) is 0.278. The topological polar surface area (TPSA) is 106 Å². The van der Waals surface area contributed by atoms with E-state index in [0.717, 1.165) is 6.07 Å². The molecule has 1 amide bonds. The zero-order valence-electron chi connectivity index (χ0n) is 15.4. The number of hydrogen-bond acceptors (Lipinski definition) is 6. The van der Waals surface area contributed by atoms with Crippen LogP contribution in [0.5, 0.6) is 0 Å². The van der Waals surface area contributed by atoms with Gasteiger partial charge in [-0.25, -0.2) is 0 Å². The summed E-state index contributed by atoms with van der Waals surface area (Å²) in [6.07, 6.45) is -4.43. The number of carbonyl (C=O) groups excluding carboxylic acids is 1. The summed E-state index contributed by atoms with van der Waals surface area (Å²) >= 11 is 0. The lowest BCUT2D eigenvalue weighted by Gasteiger charge is -2.14. The Labute approximate surface area is 164 Å². The smallest absolute Gasteiger partial charge is 0.383 e. The first-order valence-electron chi connectivity index (χ1n) is 8.43. The highest BCUT2D eigenvalue weighted by molar-refractivity contribution is 6.06. The van der Waals surface area contributed by atoms with Crippen molar-refractivity contribution in [2.75, 3.05) is 42.8 Å². The Bertz CT molecular complexity index is 874. The third kappa shape index (κ3) is 6.64. The summed E-state index contributed by atoms with van der Waals surface area (Å²) in [5, 5.41) is 18.8. The highest BCUT2D eigenvalue weighted by atomic mass is 19.4. The van der Waals surface area contributed by atoms with E-state index in [4.69, 9.17) is 4.74 Å². The molecule has 11 heteroatoms. The lowest BCUT2D eigenvalue weighted by molar-refractivity contribution is -0.384. The van der Waals surface area contributed by atoms with Crippen LogP contribution < -0.4 is 16.0 Å². The molecule has 2 rings (SSSR count). The van der Waals surface area contributed by atoms with Crippen LogP contribution >= 0.6 is 0 Å². The minimum Gasteiger partial charge on any atom is -0.383 e. The molecule has 0 spiro atoms. The first-order chi connectivity index (χ1) is 13.7. The molecule has 0 aromatic heterocycles. The SMILES string of the molecule is COCCNc1ccc(C(=O)Nc2ccccc2NCC(F)(F)F)cc1[N+](=O)[O-]. The molecule has 8 nitrogen and oxygen atoms in total. The molecule has 0 aliphatic carbocycles. The molecule has 29 heavy (non-hydrogen) atoms. The van der Waals surface area contributed by atoms with Crippen LogP contribution in [0.1, 0.15) is 10.4 Å². The molecular weight excluding hydrogens is 393 g/mol. The molecule has 2 aromatic carbocycles. The lowest BCUT2D eigenvalue weighted by atomic mass is 10.1. The van der Waals surface area contributed by atoms with Crippen LogP contribution in [0, 0.1) is 10.1 Å². The minimum atomic E-state index is -4.43. The molecule has 2 aromatic rings. The molecule has 156 valence electrons. The van der Waals surface area contributed by atoms with Crippen molar-refractivity contribution in [3.8, 4) is 0 Å². The molecule has 0 bridgehead atoms. The normalized spacial score (nSPS) is 11.0. The van der Waals surface area contributed by atoms with Gasteiger partial charge in [0.1, 0.15) is 12.2 Å². The quantitative estimate of drug-likeness (QED) is 0.328. The fourth-order valence-electron chi connectivity index (χ4n) is 2.40. The van der Waals surface area contributed by atoms with Gasteiger partial charge in [-0.05, 0) is 24.3 Å². The second kappa shape index (κ2) is 9.73. The second-order valence-electron chi connectivity index (χ2n) is 5.88. The summed E-state index contributed by atoms with van der Waals surface area (Å²) in [4.78, 5) is 23.2. The summed E-state index contributed by atoms with van der Waals surface area (Å²) < 4.78 is 42.2. The lowest BCUT2D eigenvalue weighted by Crippen LogP contribution is -2.22. The predicted molar refractivity (Wildman–Crippen MR) is 102 cm³/mol. The summed E-state index contributed by atoms with van der Waals surface area (Å²) in [5.41, 5.74) is 0.0879. The van der Waals surface area contributed by atoms with Crippen LogP contribution in [0.4, 0.5) is 35.9 Å². The van der Waals surface area contributed by atoms with Gasteiger partial charge in [-0.3, -0.25) is 14.9 Å². The number of nitro groups is 1. The number of halogens is 3. The summed E-state index contributed by atoms with van der Waals surface area (Å²) in [7, 11) is 1.49. The Hall–Kier alpha value is -3.34. The number of para-hydroxylation sites is 2. The number of alkyl halides is 3. The number of benzene rings is 2. The Morgan fingerprint density at radius 2 is 1.79 bits per heavy atom. The molecule has 0 saturated carbocycles. The van der Waals surface area contributed by atoms with Crippen molar-refractivity contribution in [3.05, 3.63) is 58.1 Å². The van der Waals surface area contributed by atoms with Crippen molar-refractivity contribution in [2.45, 2.75) is 6.18 Å². The molecule has 0 fully saturated rings. The van der Waals surface area contributed by atoms with E-state index in [1.807, 2.05) is 0 Å². The average molecular weight is 412 g/mol. The Kier molecular flexibility index (Phi) is 7.37. The van der Waals surface area contributed by atoms with Gasteiger partial charge in [0.15, 0.2) is 0 Å². The third-order valence-electron chi connectivity index (χ3n) is 3.73. The molecule has 0 radical (unpaired) electrons. The fourth-order valence-corrected chi connectivity index (χ4v) is 2.40. The number of anilines is 3. The van der Waals surface area contributed by atoms with Crippen LogP contribution in [-0.2, 0) is 4.74 Å². The van der Waals surface area contributed by atoms with E-state index in [2.05, 4.69) is 16.0 Å². The van der Waals surface area contributed by atoms with Gasteiger partial charge in [-0.1, -0.05) is 12.1 Å². The van der Waals surface area contributed by atoms with Gasteiger partial charge in [0.05, 0.1) is 22.9 Å². The summed E-state index contributed by atoms with van der Waals surface area (Å²) in [6.45, 7) is -0.602. The van der Waals surface area contributed by atoms with E-state index in [1.54, 1.807) is 6.07 Å². The van der Waals surface area contributed by atoms with E-state index in [9.17, 15) is 28.1 Å². The highest BCUT2D eigenvalue weighted by Crippen LogP contribution is 2.27. The van der Waals surface area contributed by atoms with Crippen LogP contribution in [-0.4, -0.2) is 43.8 Å². The van der Waals surface area contributed by atoms with Gasteiger partial charge < -0.3 is 20.7 Å². The van der Waals surface area contributed by atoms with Crippen LogP contribution in [0.15, 0.2) is 42.5 Å². The summed E-state index contributed by atoms with van der Waals surface area (Å²) in [6, 6.07) is 9.72. The van der Waals surface area contributed by atoms with Crippen molar-refractivity contribution in [2.24, 2.45) is 0 Å². The van der Waals surface area contributed by atoms with E-state index >= 15 is 0 Å². The van der Waals surface area contributed by atoms with Crippen LogP contribution in [0.2, 0.25) is 0 Å². The van der Waals surface area contributed by atoms with E-state index in [1.165, 1.54) is 37.4 Å². The first-order valence-corrected chi connectivity index (χ1v) is 8.43. The number of nitro benzene ring substituents is 1. The number of carbonyl (C=O) groups is 1. The standard InChI is InChI=1S/C18H19F3N4O4/c1-29-9-8-22-15-7-6-12(10-16(15)25(27)28)17(26)24-14-5-3-2-4-13(14)23-11-18(19,20)21/h2-7,10,22-23H,8-9,11H2,1H3,(H,24,26). The van der Waals surface area contributed by atoms with Crippen LogP contribution in [0.3, 0.4) is 0 Å². The van der Waals surface area contributed by atoms with Crippen molar-refractivity contribution in [1.82, 2.24) is 0 Å².